The van der Waals surface area contributed by atoms with Crippen LogP contribution >= 0.6 is 15.9 Å². The fourth-order valence-corrected chi connectivity index (χ4v) is 2.89. The second-order valence-electron chi connectivity index (χ2n) is 4.91. The SMILES string of the molecule is O=C(CBr)N(CC1CCCCC1)C1CC1. The second-order valence-corrected chi connectivity index (χ2v) is 5.48. The Balaban J connectivity index is 1.84. The Morgan fingerprint density at radius 3 is 2.33 bits per heavy atom. The fourth-order valence-electron chi connectivity index (χ4n) is 2.57. The van der Waals surface area contributed by atoms with Crippen molar-refractivity contribution in [3.05, 3.63) is 0 Å². The minimum Gasteiger partial charge on any atom is -0.339 e. The Bertz CT molecular complexity index is 222. The molecule has 0 unspecified atom stereocenters. The average Bonchev–Trinajstić information content (AvgIpc) is 3.10. The molecule has 1 amide bonds. The lowest BCUT2D eigenvalue weighted by Gasteiger charge is -2.29. The first-order valence-electron chi connectivity index (χ1n) is 6.16. The standard InChI is InChI=1S/C12H20BrNO/c13-8-12(15)14(11-6-7-11)9-10-4-2-1-3-5-10/h10-11H,1-9H2. The number of hydrogen-bond donors (Lipinski definition) is 0. The second kappa shape index (κ2) is 5.33. The van der Waals surface area contributed by atoms with Crippen LogP contribution in [0.1, 0.15) is 44.9 Å². The summed E-state index contributed by atoms with van der Waals surface area (Å²) in [6, 6.07) is 0.581. The predicted octanol–water partition coefficient (Wildman–Crippen LogP) is 2.95. The van der Waals surface area contributed by atoms with Crippen LogP contribution in [0.4, 0.5) is 0 Å². The lowest BCUT2D eigenvalue weighted by atomic mass is 9.89. The molecule has 3 heteroatoms. The van der Waals surface area contributed by atoms with E-state index in [2.05, 4.69) is 20.8 Å². The van der Waals surface area contributed by atoms with Crippen molar-refractivity contribution in [2.75, 3.05) is 11.9 Å². The Morgan fingerprint density at radius 1 is 1.13 bits per heavy atom. The summed E-state index contributed by atoms with van der Waals surface area (Å²) in [5.41, 5.74) is 0. The highest BCUT2D eigenvalue weighted by molar-refractivity contribution is 9.09. The third kappa shape index (κ3) is 3.20. The van der Waals surface area contributed by atoms with Gasteiger partial charge in [-0.25, -0.2) is 0 Å². The van der Waals surface area contributed by atoms with E-state index < -0.39 is 0 Å². The molecule has 0 radical (unpaired) electrons. The summed E-state index contributed by atoms with van der Waals surface area (Å²) >= 11 is 3.29. The highest BCUT2D eigenvalue weighted by Gasteiger charge is 2.33. The van der Waals surface area contributed by atoms with E-state index in [4.69, 9.17) is 0 Å². The smallest absolute Gasteiger partial charge is 0.233 e. The molecule has 0 aromatic heterocycles. The Labute approximate surface area is 101 Å². The van der Waals surface area contributed by atoms with Gasteiger partial charge in [-0.3, -0.25) is 4.79 Å². The molecule has 0 spiro atoms. The summed E-state index contributed by atoms with van der Waals surface area (Å²) in [5.74, 6) is 1.07. The summed E-state index contributed by atoms with van der Waals surface area (Å²) in [7, 11) is 0. The molecule has 0 aromatic carbocycles. The number of carbonyl (C=O) groups excluding carboxylic acids is 1. The zero-order valence-corrected chi connectivity index (χ0v) is 10.8. The molecule has 2 aliphatic carbocycles. The van der Waals surface area contributed by atoms with Crippen LogP contribution in [0.3, 0.4) is 0 Å². The van der Waals surface area contributed by atoms with E-state index in [1.165, 1.54) is 44.9 Å². The van der Waals surface area contributed by atoms with Gasteiger partial charge in [0.05, 0.1) is 5.33 Å². The molecule has 2 saturated carbocycles. The van der Waals surface area contributed by atoms with Gasteiger partial charge in [0, 0.05) is 12.6 Å². The van der Waals surface area contributed by atoms with Crippen LogP contribution in [0.2, 0.25) is 0 Å². The van der Waals surface area contributed by atoms with Gasteiger partial charge in [-0.15, -0.1) is 0 Å². The van der Waals surface area contributed by atoms with Gasteiger partial charge in [-0.2, -0.15) is 0 Å². The fraction of sp³-hybridized carbons (Fsp3) is 0.917. The minimum atomic E-state index is 0.295. The molecule has 0 heterocycles. The normalized spacial score (nSPS) is 22.7. The lowest BCUT2D eigenvalue weighted by molar-refractivity contribution is -0.129. The van der Waals surface area contributed by atoms with Gasteiger partial charge in [0.15, 0.2) is 0 Å². The summed E-state index contributed by atoms with van der Waals surface area (Å²) in [5, 5.41) is 0.496. The Morgan fingerprint density at radius 2 is 1.80 bits per heavy atom. The first-order chi connectivity index (χ1) is 7.31. The molecular formula is C12H20BrNO. The summed E-state index contributed by atoms with van der Waals surface area (Å²) in [6.07, 6.45) is 9.25. The highest BCUT2D eigenvalue weighted by atomic mass is 79.9. The number of halogens is 1. The van der Waals surface area contributed by atoms with Gasteiger partial charge in [0.2, 0.25) is 5.91 Å². The average molecular weight is 274 g/mol. The van der Waals surface area contributed by atoms with Gasteiger partial charge in [-0.1, -0.05) is 35.2 Å². The van der Waals surface area contributed by atoms with Gasteiger partial charge >= 0.3 is 0 Å². The topological polar surface area (TPSA) is 20.3 Å². The zero-order valence-electron chi connectivity index (χ0n) is 9.25. The van der Waals surface area contributed by atoms with Crippen molar-refractivity contribution in [2.24, 2.45) is 5.92 Å². The largest absolute Gasteiger partial charge is 0.339 e. The molecule has 2 aliphatic rings. The van der Waals surface area contributed by atoms with Crippen molar-refractivity contribution in [1.29, 1.82) is 0 Å². The molecule has 0 atom stereocenters. The number of alkyl halides is 1. The van der Waals surface area contributed by atoms with E-state index >= 15 is 0 Å². The van der Waals surface area contributed by atoms with E-state index in [1.54, 1.807) is 0 Å². The number of carbonyl (C=O) groups is 1. The predicted molar refractivity (Wildman–Crippen MR) is 65.1 cm³/mol. The number of rotatable bonds is 4. The van der Waals surface area contributed by atoms with Crippen molar-refractivity contribution >= 4 is 21.8 Å². The molecule has 0 N–H and O–H groups in total. The molecule has 2 nitrogen and oxygen atoms in total. The van der Waals surface area contributed by atoms with E-state index in [9.17, 15) is 4.79 Å². The quantitative estimate of drug-likeness (QED) is 0.722. The molecular weight excluding hydrogens is 254 g/mol. The first-order valence-corrected chi connectivity index (χ1v) is 7.29. The highest BCUT2D eigenvalue weighted by Crippen LogP contribution is 2.31. The van der Waals surface area contributed by atoms with Crippen molar-refractivity contribution in [1.82, 2.24) is 4.90 Å². The monoisotopic (exact) mass is 273 g/mol. The number of amides is 1. The van der Waals surface area contributed by atoms with Crippen molar-refractivity contribution < 1.29 is 4.79 Å². The zero-order chi connectivity index (χ0) is 10.7. The molecule has 0 bridgehead atoms. The van der Waals surface area contributed by atoms with E-state index in [0.717, 1.165) is 12.5 Å². The van der Waals surface area contributed by atoms with Crippen LogP contribution in [-0.2, 0) is 4.79 Å². The molecule has 0 saturated heterocycles. The van der Waals surface area contributed by atoms with E-state index in [1.807, 2.05) is 0 Å². The third-order valence-corrected chi connectivity index (χ3v) is 4.08. The summed E-state index contributed by atoms with van der Waals surface area (Å²) < 4.78 is 0. The van der Waals surface area contributed by atoms with Crippen LogP contribution in [0.15, 0.2) is 0 Å². The van der Waals surface area contributed by atoms with E-state index in [0.29, 0.717) is 17.3 Å². The van der Waals surface area contributed by atoms with Crippen LogP contribution < -0.4 is 0 Å². The third-order valence-electron chi connectivity index (χ3n) is 3.60. The van der Waals surface area contributed by atoms with Gasteiger partial charge in [-0.05, 0) is 31.6 Å². The van der Waals surface area contributed by atoms with Gasteiger partial charge in [0.25, 0.3) is 0 Å². The van der Waals surface area contributed by atoms with Crippen LogP contribution in [0, 0.1) is 5.92 Å². The maximum absolute atomic E-state index is 11.7. The summed E-state index contributed by atoms with van der Waals surface area (Å²) in [4.78, 5) is 13.9. The maximum Gasteiger partial charge on any atom is 0.233 e. The maximum atomic E-state index is 11.7. The summed E-state index contributed by atoms with van der Waals surface area (Å²) in [6.45, 7) is 1.02. The molecule has 0 aliphatic heterocycles. The molecule has 15 heavy (non-hydrogen) atoms. The first kappa shape index (κ1) is 11.4. The van der Waals surface area contributed by atoms with Gasteiger partial charge < -0.3 is 4.90 Å². The van der Waals surface area contributed by atoms with Crippen molar-refractivity contribution in [3.63, 3.8) is 0 Å². The van der Waals surface area contributed by atoms with Crippen LogP contribution in [0.5, 0.6) is 0 Å². The number of nitrogens with zero attached hydrogens (tertiary/aromatic N) is 1. The molecule has 86 valence electrons. The van der Waals surface area contributed by atoms with Crippen LogP contribution in [0.25, 0.3) is 0 Å². The van der Waals surface area contributed by atoms with E-state index in [-0.39, 0.29) is 0 Å². The van der Waals surface area contributed by atoms with Crippen molar-refractivity contribution in [2.45, 2.75) is 51.0 Å². The minimum absolute atomic E-state index is 0.295. The van der Waals surface area contributed by atoms with Crippen LogP contribution in [-0.4, -0.2) is 28.7 Å². The molecule has 2 fully saturated rings. The molecule has 0 aromatic rings. The molecule has 2 rings (SSSR count). The lowest BCUT2D eigenvalue weighted by Crippen LogP contribution is -2.38. The Hall–Kier alpha value is -0.0500. The van der Waals surface area contributed by atoms with Crippen molar-refractivity contribution in [3.8, 4) is 0 Å². The number of hydrogen-bond acceptors (Lipinski definition) is 1. The Kier molecular flexibility index (Phi) is 4.06. The van der Waals surface area contributed by atoms with Gasteiger partial charge in [0.1, 0.15) is 0 Å².